The van der Waals surface area contributed by atoms with Crippen molar-refractivity contribution in [3.63, 3.8) is 0 Å². The first-order valence-corrected chi connectivity index (χ1v) is 9.10. The largest absolute Gasteiger partial charge is 0.488 e. The number of rotatable bonds is 5. The van der Waals surface area contributed by atoms with Crippen molar-refractivity contribution >= 4 is 29.3 Å². The molecule has 4 rings (SSSR count). The number of halogens is 1. The number of esters is 1. The number of hydrogen-bond acceptors (Lipinski definition) is 5. The molecule has 0 aliphatic carbocycles. The zero-order valence-electron chi connectivity index (χ0n) is 14.1. The molecule has 0 saturated carbocycles. The lowest BCUT2D eigenvalue weighted by molar-refractivity contribution is -0.129. The molecule has 1 aromatic heterocycles. The van der Waals surface area contributed by atoms with Crippen LogP contribution in [0.5, 0.6) is 5.75 Å². The number of para-hydroxylation sites is 1. The second-order valence-corrected chi connectivity index (χ2v) is 6.72. The van der Waals surface area contributed by atoms with Gasteiger partial charge in [-0.3, -0.25) is 0 Å². The first kappa shape index (κ1) is 17.2. The maximum atomic E-state index is 13.3. The van der Waals surface area contributed by atoms with Crippen molar-refractivity contribution in [1.82, 2.24) is 0 Å². The minimum atomic E-state index is -0.502. The monoisotopic (exact) mass is 379 g/mol. The Morgan fingerprint density at radius 3 is 2.81 bits per heavy atom. The van der Waals surface area contributed by atoms with Gasteiger partial charge in [0.05, 0.1) is 4.88 Å². The summed E-state index contributed by atoms with van der Waals surface area (Å²) >= 11 is 1.45. The Kier molecular flexibility index (Phi) is 4.80. The summed E-state index contributed by atoms with van der Waals surface area (Å²) in [6, 6.07) is 17.2. The average molecular weight is 379 g/mol. The van der Waals surface area contributed by atoms with Gasteiger partial charge < -0.3 is 9.47 Å². The highest BCUT2D eigenvalue weighted by Crippen LogP contribution is 2.26. The lowest BCUT2D eigenvalue weighted by Gasteiger charge is -2.09. The van der Waals surface area contributed by atoms with Crippen molar-refractivity contribution in [3.8, 4) is 5.75 Å². The smallest absolute Gasteiger partial charge is 0.363 e. The van der Waals surface area contributed by atoms with Crippen molar-refractivity contribution in [1.29, 1.82) is 0 Å². The normalized spacial score (nSPS) is 14.9. The summed E-state index contributed by atoms with van der Waals surface area (Å²) < 4.78 is 24.4. The van der Waals surface area contributed by atoms with Crippen LogP contribution < -0.4 is 4.74 Å². The summed E-state index contributed by atoms with van der Waals surface area (Å²) in [5.74, 6) is 0.0650. The van der Waals surface area contributed by atoms with E-state index in [0.29, 0.717) is 17.2 Å². The highest BCUT2D eigenvalue weighted by atomic mass is 32.1. The minimum Gasteiger partial charge on any atom is -0.488 e. The summed E-state index contributed by atoms with van der Waals surface area (Å²) in [6.07, 6.45) is 1.63. The van der Waals surface area contributed by atoms with E-state index in [0.717, 1.165) is 10.4 Å². The van der Waals surface area contributed by atoms with Crippen molar-refractivity contribution in [3.05, 3.63) is 93.6 Å². The van der Waals surface area contributed by atoms with E-state index in [1.54, 1.807) is 24.3 Å². The van der Waals surface area contributed by atoms with Gasteiger partial charge in [0.2, 0.25) is 5.90 Å². The summed E-state index contributed by atoms with van der Waals surface area (Å²) in [4.78, 5) is 17.2. The third kappa shape index (κ3) is 3.96. The lowest BCUT2D eigenvalue weighted by Crippen LogP contribution is -2.03. The number of nitrogens with zero attached hydrogens (tertiary/aromatic N) is 1. The fraction of sp³-hybridized carbons (Fsp3) is 0.0476. The highest BCUT2D eigenvalue weighted by molar-refractivity contribution is 7.12. The molecular formula is C21H14FNO3S. The molecule has 0 N–H and O–H groups in total. The van der Waals surface area contributed by atoms with Gasteiger partial charge >= 0.3 is 5.97 Å². The predicted octanol–water partition coefficient (Wildman–Crippen LogP) is 4.81. The van der Waals surface area contributed by atoms with E-state index in [1.807, 2.05) is 35.7 Å². The molecule has 4 nitrogen and oxygen atoms in total. The summed E-state index contributed by atoms with van der Waals surface area (Å²) in [6.45, 7) is 0.214. The molecular weight excluding hydrogens is 365 g/mol. The van der Waals surface area contributed by atoms with Crippen LogP contribution >= 0.6 is 11.3 Å². The summed E-state index contributed by atoms with van der Waals surface area (Å²) in [5, 5.41) is 1.89. The van der Waals surface area contributed by atoms with Crippen LogP contribution in [0.4, 0.5) is 4.39 Å². The molecule has 0 radical (unpaired) electrons. The third-order valence-electron chi connectivity index (χ3n) is 3.85. The molecule has 1 aliphatic heterocycles. The first-order valence-electron chi connectivity index (χ1n) is 8.22. The van der Waals surface area contributed by atoms with Crippen molar-refractivity contribution in [2.24, 2.45) is 4.99 Å². The molecule has 0 unspecified atom stereocenters. The molecule has 134 valence electrons. The topological polar surface area (TPSA) is 47.9 Å². The van der Waals surface area contributed by atoms with Gasteiger partial charge in [0.25, 0.3) is 0 Å². The number of benzene rings is 2. The lowest BCUT2D eigenvalue weighted by atomic mass is 10.1. The van der Waals surface area contributed by atoms with E-state index in [9.17, 15) is 9.18 Å². The maximum absolute atomic E-state index is 13.3. The Morgan fingerprint density at radius 1 is 1.11 bits per heavy atom. The fourth-order valence-corrected chi connectivity index (χ4v) is 3.23. The number of carbonyl (C=O) groups excluding carboxylic acids is 1. The minimum absolute atomic E-state index is 0.209. The first-order chi connectivity index (χ1) is 13.2. The van der Waals surface area contributed by atoms with Crippen molar-refractivity contribution in [2.45, 2.75) is 6.61 Å². The average Bonchev–Trinajstić information content (AvgIpc) is 3.31. The van der Waals surface area contributed by atoms with Gasteiger partial charge in [0.15, 0.2) is 5.70 Å². The second-order valence-electron chi connectivity index (χ2n) is 5.77. The van der Waals surface area contributed by atoms with Crippen LogP contribution in [0, 0.1) is 5.82 Å². The Balaban J connectivity index is 1.57. The summed E-state index contributed by atoms with van der Waals surface area (Å²) in [5.41, 5.74) is 1.62. The molecule has 0 amide bonds. The Hall–Kier alpha value is -3.25. The molecule has 0 atom stereocenters. The molecule has 6 heteroatoms. The SMILES string of the molecule is O=C1OC(c2cccs2)=N/C1=C/c1ccccc1OCc1cccc(F)c1. The van der Waals surface area contributed by atoms with Crippen molar-refractivity contribution in [2.75, 3.05) is 0 Å². The van der Waals surface area contributed by atoms with Crippen LogP contribution in [0.2, 0.25) is 0 Å². The standard InChI is InChI=1S/C21H14FNO3S/c22-16-7-3-5-14(11-16)13-25-18-8-2-1-6-15(18)12-17-21(24)26-20(23-17)19-9-4-10-27-19/h1-12H,13H2/b17-12+. The molecule has 0 saturated heterocycles. The molecule has 0 spiro atoms. The Morgan fingerprint density at radius 2 is 2.00 bits per heavy atom. The highest BCUT2D eigenvalue weighted by Gasteiger charge is 2.25. The van der Waals surface area contributed by atoms with Crippen LogP contribution in [0.3, 0.4) is 0 Å². The predicted molar refractivity (Wildman–Crippen MR) is 102 cm³/mol. The van der Waals surface area contributed by atoms with Gasteiger partial charge in [-0.25, -0.2) is 14.2 Å². The van der Waals surface area contributed by atoms with Crippen LogP contribution in [0.1, 0.15) is 16.0 Å². The van der Waals surface area contributed by atoms with Crippen LogP contribution in [-0.4, -0.2) is 11.9 Å². The number of carbonyl (C=O) groups is 1. The molecule has 3 aromatic rings. The third-order valence-corrected chi connectivity index (χ3v) is 4.70. The zero-order valence-corrected chi connectivity index (χ0v) is 14.9. The van der Waals surface area contributed by atoms with E-state index in [2.05, 4.69) is 4.99 Å². The van der Waals surface area contributed by atoms with Crippen molar-refractivity contribution < 1.29 is 18.7 Å². The van der Waals surface area contributed by atoms with E-state index >= 15 is 0 Å². The molecule has 27 heavy (non-hydrogen) atoms. The van der Waals surface area contributed by atoms with E-state index in [-0.39, 0.29) is 18.1 Å². The quantitative estimate of drug-likeness (QED) is 0.472. The molecule has 2 aromatic carbocycles. The number of hydrogen-bond donors (Lipinski definition) is 0. The van der Waals surface area contributed by atoms with Gasteiger partial charge in [-0.2, -0.15) is 0 Å². The Bertz CT molecular complexity index is 1040. The van der Waals surface area contributed by atoms with Gasteiger partial charge in [0, 0.05) is 5.56 Å². The van der Waals surface area contributed by atoms with E-state index < -0.39 is 5.97 Å². The van der Waals surface area contributed by atoms with Crippen LogP contribution in [-0.2, 0) is 16.1 Å². The van der Waals surface area contributed by atoms with Gasteiger partial charge in [-0.1, -0.05) is 36.4 Å². The zero-order chi connectivity index (χ0) is 18.6. The Labute approximate surface area is 159 Å². The molecule has 1 aliphatic rings. The number of cyclic esters (lactones) is 1. The molecule has 0 fully saturated rings. The second kappa shape index (κ2) is 7.55. The number of ether oxygens (including phenoxy) is 2. The number of aliphatic imine (C=N–C) groups is 1. The number of thiophene rings is 1. The van der Waals surface area contributed by atoms with Crippen LogP contribution in [0.25, 0.3) is 6.08 Å². The van der Waals surface area contributed by atoms with Crippen LogP contribution in [0.15, 0.2) is 76.7 Å². The van der Waals surface area contributed by atoms with E-state index in [4.69, 9.17) is 9.47 Å². The van der Waals surface area contributed by atoms with Gasteiger partial charge in [-0.05, 0) is 41.3 Å². The summed E-state index contributed by atoms with van der Waals surface area (Å²) in [7, 11) is 0. The van der Waals surface area contributed by atoms with E-state index in [1.165, 1.54) is 23.5 Å². The van der Waals surface area contributed by atoms with Gasteiger partial charge in [0.1, 0.15) is 18.2 Å². The molecule has 2 heterocycles. The fourth-order valence-electron chi connectivity index (χ4n) is 2.58. The maximum Gasteiger partial charge on any atom is 0.363 e. The van der Waals surface area contributed by atoms with Gasteiger partial charge in [-0.15, -0.1) is 11.3 Å². The molecule has 0 bridgehead atoms.